The maximum absolute atomic E-state index is 13.1. The van der Waals surface area contributed by atoms with Gasteiger partial charge in [0.05, 0.1) is 18.0 Å². The predicted molar refractivity (Wildman–Crippen MR) is 127 cm³/mol. The van der Waals surface area contributed by atoms with Crippen molar-refractivity contribution < 1.29 is 9.59 Å². The summed E-state index contributed by atoms with van der Waals surface area (Å²) in [5, 5.41) is 3.95. The molecule has 1 aromatic heterocycles. The lowest BCUT2D eigenvalue weighted by Gasteiger charge is -2.38. The molecule has 1 unspecified atom stereocenters. The van der Waals surface area contributed by atoms with Gasteiger partial charge in [0.2, 0.25) is 11.8 Å². The van der Waals surface area contributed by atoms with Gasteiger partial charge in [0.25, 0.3) is 0 Å². The molecule has 1 atom stereocenters. The number of benzene rings is 2. The van der Waals surface area contributed by atoms with E-state index in [0.717, 1.165) is 28.8 Å². The minimum absolute atomic E-state index is 0.0299. The molecule has 0 aliphatic carbocycles. The van der Waals surface area contributed by atoms with Crippen molar-refractivity contribution in [2.75, 3.05) is 44.2 Å². The van der Waals surface area contributed by atoms with E-state index < -0.39 is 6.04 Å². The number of nitrogens with one attached hydrogen (secondary N) is 1. The van der Waals surface area contributed by atoms with E-state index in [9.17, 15) is 9.59 Å². The van der Waals surface area contributed by atoms with Gasteiger partial charge in [0.15, 0.2) is 0 Å². The molecule has 3 heterocycles. The molecule has 1 N–H and O–H groups in total. The Labute approximate surface area is 193 Å². The van der Waals surface area contributed by atoms with Gasteiger partial charge in [0, 0.05) is 51.2 Å². The zero-order valence-electron chi connectivity index (χ0n) is 18.6. The van der Waals surface area contributed by atoms with E-state index >= 15 is 0 Å². The van der Waals surface area contributed by atoms with Gasteiger partial charge in [-0.1, -0.05) is 42.5 Å². The van der Waals surface area contributed by atoms with E-state index in [2.05, 4.69) is 37.2 Å². The molecule has 3 aromatic rings. The second-order valence-electron chi connectivity index (χ2n) is 8.55. The van der Waals surface area contributed by atoms with Crippen LogP contribution in [0.3, 0.4) is 0 Å². The highest BCUT2D eigenvalue weighted by molar-refractivity contribution is 5.90. The minimum Gasteiger partial charge on any atom is -0.353 e. The van der Waals surface area contributed by atoms with Crippen LogP contribution >= 0.6 is 0 Å². The highest BCUT2D eigenvalue weighted by Crippen LogP contribution is 2.24. The number of carbonyl (C=O) groups excluding carboxylic acids is 2. The molecular weight excluding hydrogens is 416 g/mol. The molecule has 2 fully saturated rings. The van der Waals surface area contributed by atoms with Gasteiger partial charge in [-0.2, -0.15) is 0 Å². The second kappa shape index (κ2) is 9.54. The first-order valence-corrected chi connectivity index (χ1v) is 11.5. The van der Waals surface area contributed by atoms with Gasteiger partial charge in [-0.3, -0.25) is 14.5 Å². The predicted octanol–water partition coefficient (Wildman–Crippen LogP) is 1.67. The summed E-state index contributed by atoms with van der Waals surface area (Å²) in [6.07, 6.45) is 1.80. The normalized spacial score (nSPS) is 19.5. The van der Waals surface area contributed by atoms with Gasteiger partial charge in [-0.15, -0.1) is 0 Å². The van der Waals surface area contributed by atoms with E-state index in [-0.39, 0.29) is 18.2 Å². The van der Waals surface area contributed by atoms with Gasteiger partial charge in [-0.25, -0.2) is 9.97 Å². The fraction of sp³-hybridized carbons (Fsp3) is 0.360. The van der Waals surface area contributed by atoms with Crippen molar-refractivity contribution in [3.05, 3.63) is 66.5 Å². The van der Waals surface area contributed by atoms with E-state index in [0.29, 0.717) is 39.3 Å². The Hall–Kier alpha value is -3.52. The summed E-state index contributed by atoms with van der Waals surface area (Å²) in [6.45, 7) is 4.67. The van der Waals surface area contributed by atoms with Crippen molar-refractivity contribution in [3.8, 4) is 0 Å². The van der Waals surface area contributed by atoms with Gasteiger partial charge >= 0.3 is 0 Å². The summed E-state index contributed by atoms with van der Waals surface area (Å²) in [6, 6.07) is 17.6. The Bertz CT molecular complexity index is 1120. The van der Waals surface area contributed by atoms with Crippen LogP contribution in [-0.2, 0) is 16.1 Å². The zero-order valence-corrected chi connectivity index (χ0v) is 18.6. The van der Waals surface area contributed by atoms with Crippen LogP contribution in [0, 0.1) is 0 Å². The van der Waals surface area contributed by atoms with Crippen LogP contribution in [0.2, 0.25) is 0 Å². The van der Waals surface area contributed by atoms with Crippen LogP contribution in [0.15, 0.2) is 60.9 Å². The SMILES string of the molecule is O=C1NCCN(Cc2ccccc2)C1CC(=O)N1CCN(c2ncnc3ccccc23)CC1. The monoisotopic (exact) mass is 444 g/mol. The van der Waals surface area contributed by atoms with Crippen molar-refractivity contribution in [1.82, 2.24) is 25.1 Å². The Kier molecular flexibility index (Phi) is 6.17. The zero-order chi connectivity index (χ0) is 22.6. The van der Waals surface area contributed by atoms with Crippen LogP contribution in [0.4, 0.5) is 5.82 Å². The minimum atomic E-state index is -0.435. The number of para-hydroxylation sites is 1. The molecule has 0 spiro atoms. The Balaban J connectivity index is 1.22. The lowest BCUT2D eigenvalue weighted by Crippen LogP contribution is -2.57. The summed E-state index contributed by atoms with van der Waals surface area (Å²) < 4.78 is 0. The second-order valence-corrected chi connectivity index (χ2v) is 8.55. The first kappa shape index (κ1) is 21.3. The van der Waals surface area contributed by atoms with Gasteiger partial charge in [-0.05, 0) is 17.7 Å². The third-order valence-corrected chi connectivity index (χ3v) is 6.49. The van der Waals surface area contributed by atoms with Crippen molar-refractivity contribution in [2.24, 2.45) is 0 Å². The van der Waals surface area contributed by atoms with E-state index in [1.807, 2.05) is 47.4 Å². The molecule has 33 heavy (non-hydrogen) atoms. The first-order valence-electron chi connectivity index (χ1n) is 11.5. The van der Waals surface area contributed by atoms with E-state index in [4.69, 9.17) is 0 Å². The maximum atomic E-state index is 13.1. The average Bonchev–Trinajstić information content (AvgIpc) is 2.86. The number of rotatable bonds is 5. The fourth-order valence-corrected chi connectivity index (χ4v) is 4.70. The van der Waals surface area contributed by atoms with Crippen LogP contribution in [-0.4, -0.2) is 76.9 Å². The quantitative estimate of drug-likeness (QED) is 0.645. The maximum Gasteiger partial charge on any atom is 0.237 e. The number of fused-ring (bicyclic) bond motifs is 1. The molecule has 8 heteroatoms. The summed E-state index contributed by atoms with van der Waals surface area (Å²) in [5.74, 6) is 0.882. The molecule has 0 saturated carbocycles. The lowest BCUT2D eigenvalue weighted by atomic mass is 10.1. The molecular formula is C25H28N6O2. The summed E-state index contributed by atoms with van der Waals surface area (Å²) in [7, 11) is 0. The van der Waals surface area contributed by atoms with Gasteiger partial charge in [0.1, 0.15) is 12.1 Å². The number of amides is 2. The molecule has 2 aliphatic heterocycles. The van der Waals surface area contributed by atoms with Crippen LogP contribution < -0.4 is 10.2 Å². The highest BCUT2D eigenvalue weighted by atomic mass is 16.2. The molecule has 2 aromatic carbocycles. The summed E-state index contributed by atoms with van der Waals surface area (Å²) >= 11 is 0. The summed E-state index contributed by atoms with van der Waals surface area (Å²) in [4.78, 5) is 40.8. The summed E-state index contributed by atoms with van der Waals surface area (Å²) in [5.41, 5.74) is 2.07. The largest absolute Gasteiger partial charge is 0.353 e. The van der Waals surface area contributed by atoms with Gasteiger partial charge < -0.3 is 15.1 Å². The van der Waals surface area contributed by atoms with Crippen LogP contribution in [0.25, 0.3) is 10.9 Å². The number of piperazine rings is 2. The van der Waals surface area contributed by atoms with Crippen molar-refractivity contribution in [1.29, 1.82) is 0 Å². The topological polar surface area (TPSA) is 81.7 Å². The van der Waals surface area contributed by atoms with Crippen LogP contribution in [0.1, 0.15) is 12.0 Å². The molecule has 2 amide bonds. The number of carbonyl (C=O) groups is 2. The molecule has 2 aliphatic rings. The third-order valence-electron chi connectivity index (χ3n) is 6.49. The third kappa shape index (κ3) is 4.66. The smallest absolute Gasteiger partial charge is 0.237 e. The average molecular weight is 445 g/mol. The Morgan fingerprint density at radius 3 is 2.52 bits per heavy atom. The molecule has 0 radical (unpaired) electrons. The van der Waals surface area contributed by atoms with E-state index in [1.54, 1.807) is 6.33 Å². The van der Waals surface area contributed by atoms with Crippen molar-refractivity contribution in [2.45, 2.75) is 19.0 Å². The molecule has 2 saturated heterocycles. The highest BCUT2D eigenvalue weighted by Gasteiger charge is 2.33. The fourth-order valence-electron chi connectivity index (χ4n) is 4.70. The molecule has 8 nitrogen and oxygen atoms in total. The number of anilines is 1. The van der Waals surface area contributed by atoms with E-state index in [1.165, 1.54) is 0 Å². The number of aromatic nitrogens is 2. The Morgan fingerprint density at radius 2 is 1.70 bits per heavy atom. The molecule has 5 rings (SSSR count). The first-order chi connectivity index (χ1) is 16.2. The Morgan fingerprint density at radius 1 is 0.939 bits per heavy atom. The molecule has 170 valence electrons. The van der Waals surface area contributed by atoms with Crippen LogP contribution in [0.5, 0.6) is 0 Å². The standard InChI is InChI=1S/C25H28N6O2/c32-23(16-22-25(33)26-10-11-31(22)17-19-6-2-1-3-7-19)29-12-14-30(15-13-29)24-20-8-4-5-9-21(20)27-18-28-24/h1-9,18,22H,10-17H2,(H,26,33). The molecule has 0 bridgehead atoms. The van der Waals surface area contributed by atoms with Crippen molar-refractivity contribution in [3.63, 3.8) is 0 Å². The van der Waals surface area contributed by atoms with Crippen molar-refractivity contribution >= 4 is 28.5 Å². The number of hydrogen-bond acceptors (Lipinski definition) is 6. The number of nitrogens with zero attached hydrogens (tertiary/aromatic N) is 5. The number of hydrogen-bond donors (Lipinski definition) is 1. The lowest BCUT2D eigenvalue weighted by molar-refractivity contribution is -0.139.